The van der Waals surface area contributed by atoms with Crippen LogP contribution in [-0.4, -0.2) is 37.0 Å². The summed E-state index contributed by atoms with van der Waals surface area (Å²) in [6, 6.07) is 7.05. The number of carbonyl (C=O) groups excluding carboxylic acids is 1. The molecule has 3 nitrogen and oxygen atoms in total. The largest absolute Gasteiger partial charge is 0.352 e. The van der Waals surface area contributed by atoms with E-state index >= 15 is 0 Å². The van der Waals surface area contributed by atoms with Gasteiger partial charge in [-0.2, -0.15) is 0 Å². The van der Waals surface area contributed by atoms with Crippen LogP contribution in [0, 0.1) is 0 Å². The molecule has 1 aliphatic heterocycles. The Morgan fingerprint density at radius 1 is 1.25 bits per heavy atom. The molecule has 1 saturated heterocycles. The van der Waals surface area contributed by atoms with Crippen LogP contribution in [0.25, 0.3) is 0 Å². The summed E-state index contributed by atoms with van der Waals surface area (Å²) in [5.41, 5.74) is 0.632. The Hall–Kier alpha value is -0.770. The van der Waals surface area contributed by atoms with Crippen molar-refractivity contribution in [1.29, 1.82) is 0 Å². The van der Waals surface area contributed by atoms with Gasteiger partial charge >= 0.3 is 0 Å². The normalized spacial score (nSPS) is 14.8. The molecule has 20 heavy (non-hydrogen) atoms. The number of halogens is 2. The van der Waals surface area contributed by atoms with Crippen LogP contribution in [0.1, 0.15) is 36.0 Å². The molecule has 1 amide bonds. The predicted octanol–water partition coefficient (Wildman–Crippen LogP) is 3.37. The van der Waals surface area contributed by atoms with E-state index in [1.807, 2.05) is 0 Å². The molecule has 0 aromatic heterocycles. The number of likely N-dealkylation sites (tertiary alicyclic amines) is 1. The third-order valence-electron chi connectivity index (χ3n) is 3.47. The van der Waals surface area contributed by atoms with Gasteiger partial charge in [0.1, 0.15) is 0 Å². The average molecular weight is 317 g/mol. The van der Waals surface area contributed by atoms with Crippen LogP contribution < -0.4 is 5.32 Å². The van der Waals surface area contributed by atoms with Crippen molar-refractivity contribution in [2.45, 2.75) is 25.7 Å². The maximum atomic E-state index is 11.8. The Kier molecular flexibility index (Phi) is 7.97. The zero-order valence-electron chi connectivity index (χ0n) is 11.6. The molecule has 0 bridgehead atoms. The maximum absolute atomic E-state index is 11.8. The van der Waals surface area contributed by atoms with Crippen LogP contribution in [0.4, 0.5) is 0 Å². The van der Waals surface area contributed by atoms with Crippen molar-refractivity contribution in [2.24, 2.45) is 0 Å². The van der Waals surface area contributed by atoms with E-state index < -0.39 is 0 Å². The number of unbranched alkanes of at least 4 members (excludes halogenated alkanes) is 1. The van der Waals surface area contributed by atoms with Gasteiger partial charge in [0.2, 0.25) is 0 Å². The summed E-state index contributed by atoms with van der Waals surface area (Å²) in [5.74, 6) is -0.0383. The van der Waals surface area contributed by atoms with E-state index in [0.29, 0.717) is 10.6 Å². The number of hydrogen-bond acceptors (Lipinski definition) is 2. The number of hydrogen-bond donors (Lipinski definition) is 1. The second kappa shape index (κ2) is 9.22. The average Bonchev–Trinajstić information content (AvgIpc) is 2.91. The Morgan fingerprint density at radius 3 is 2.70 bits per heavy atom. The van der Waals surface area contributed by atoms with E-state index in [1.165, 1.54) is 25.9 Å². The van der Waals surface area contributed by atoms with Gasteiger partial charge in [-0.25, -0.2) is 0 Å². The van der Waals surface area contributed by atoms with Gasteiger partial charge in [-0.15, -0.1) is 12.4 Å². The first-order valence-corrected chi connectivity index (χ1v) is 7.39. The molecule has 0 spiro atoms. The minimum atomic E-state index is -0.0383. The molecule has 2 rings (SSSR count). The lowest BCUT2D eigenvalue weighted by Gasteiger charge is -2.14. The van der Waals surface area contributed by atoms with Crippen molar-refractivity contribution in [1.82, 2.24) is 10.2 Å². The van der Waals surface area contributed by atoms with E-state index in [-0.39, 0.29) is 18.3 Å². The zero-order valence-corrected chi connectivity index (χ0v) is 13.2. The highest BCUT2D eigenvalue weighted by atomic mass is 35.5. The van der Waals surface area contributed by atoms with E-state index in [1.54, 1.807) is 24.3 Å². The summed E-state index contributed by atoms with van der Waals surface area (Å²) in [6.45, 7) is 4.38. The maximum Gasteiger partial charge on any atom is 0.251 e. The van der Waals surface area contributed by atoms with Crippen molar-refractivity contribution in [2.75, 3.05) is 26.2 Å². The highest BCUT2D eigenvalue weighted by molar-refractivity contribution is 6.30. The van der Waals surface area contributed by atoms with Crippen LogP contribution in [0.5, 0.6) is 0 Å². The smallest absolute Gasteiger partial charge is 0.251 e. The van der Waals surface area contributed by atoms with E-state index in [2.05, 4.69) is 10.2 Å². The molecule has 1 N–H and O–H groups in total. The van der Waals surface area contributed by atoms with Gasteiger partial charge in [-0.05, 0) is 63.5 Å². The van der Waals surface area contributed by atoms with Gasteiger partial charge in [-0.3, -0.25) is 4.79 Å². The Balaban J connectivity index is 0.00000200. The second-order valence-corrected chi connectivity index (χ2v) is 5.46. The lowest BCUT2D eigenvalue weighted by molar-refractivity contribution is 0.0952. The lowest BCUT2D eigenvalue weighted by atomic mass is 10.2. The van der Waals surface area contributed by atoms with Gasteiger partial charge in [0.05, 0.1) is 0 Å². The molecular weight excluding hydrogens is 295 g/mol. The Bertz CT molecular complexity index is 420. The SMILES string of the molecule is Cl.O=C(NCCCCN1CCCC1)c1cccc(Cl)c1. The van der Waals surface area contributed by atoms with Gasteiger partial charge in [0.25, 0.3) is 5.91 Å². The van der Waals surface area contributed by atoms with Gasteiger partial charge in [-0.1, -0.05) is 17.7 Å². The van der Waals surface area contributed by atoms with Crippen molar-refractivity contribution < 1.29 is 4.79 Å². The van der Waals surface area contributed by atoms with Crippen LogP contribution >= 0.6 is 24.0 Å². The van der Waals surface area contributed by atoms with Crippen LogP contribution in [0.2, 0.25) is 5.02 Å². The fraction of sp³-hybridized carbons (Fsp3) is 0.533. The fourth-order valence-electron chi connectivity index (χ4n) is 2.40. The third-order valence-corrected chi connectivity index (χ3v) is 3.71. The molecule has 5 heteroatoms. The number of nitrogens with zero attached hydrogens (tertiary/aromatic N) is 1. The molecule has 1 fully saturated rings. The molecule has 0 unspecified atom stereocenters. The molecule has 1 aromatic rings. The van der Waals surface area contributed by atoms with E-state index in [0.717, 1.165) is 25.9 Å². The highest BCUT2D eigenvalue weighted by Crippen LogP contribution is 2.10. The molecule has 0 aliphatic carbocycles. The van der Waals surface area contributed by atoms with Gasteiger partial charge < -0.3 is 10.2 Å². The summed E-state index contributed by atoms with van der Waals surface area (Å²) in [4.78, 5) is 14.3. The van der Waals surface area contributed by atoms with Crippen LogP contribution in [-0.2, 0) is 0 Å². The molecule has 112 valence electrons. The predicted molar refractivity (Wildman–Crippen MR) is 85.9 cm³/mol. The quantitative estimate of drug-likeness (QED) is 0.816. The monoisotopic (exact) mass is 316 g/mol. The van der Waals surface area contributed by atoms with E-state index in [9.17, 15) is 4.79 Å². The summed E-state index contributed by atoms with van der Waals surface area (Å²) in [6.07, 6.45) is 4.86. The molecule has 0 atom stereocenters. The number of benzene rings is 1. The number of carbonyl (C=O) groups is 1. The minimum Gasteiger partial charge on any atom is -0.352 e. The third kappa shape index (κ3) is 5.70. The van der Waals surface area contributed by atoms with Crippen molar-refractivity contribution in [3.8, 4) is 0 Å². The first-order valence-electron chi connectivity index (χ1n) is 7.02. The fourth-order valence-corrected chi connectivity index (χ4v) is 2.59. The Morgan fingerprint density at radius 2 is 2.00 bits per heavy atom. The van der Waals surface area contributed by atoms with Crippen LogP contribution in [0.15, 0.2) is 24.3 Å². The highest BCUT2D eigenvalue weighted by Gasteiger charge is 2.10. The second-order valence-electron chi connectivity index (χ2n) is 5.02. The van der Waals surface area contributed by atoms with Crippen molar-refractivity contribution >= 4 is 29.9 Å². The number of rotatable bonds is 6. The summed E-state index contributed by atoms with van der Waals surface area (Å²) in [7, 11) is 0. The molecule has 1 aliphatic rings. The molecule has 1 aromatic carbocycles. The van der Waals surface area contributed by atoms with Gasteiger partial charge in [0.15, 0.2) is 0 Å². The minimum absolute atomic E-state index is 0. The molecule has 1 heterocycles. The summed E-state index contributed by atoms with van der Waals surface area (Å²) >= 11 is 5.86. The lowest BCUT2D eigenvalue weighted by Crippen LogP contribution is -2.26. The van der Waals surface area contributed by atoms with Crippen molar-refractivity contribution in [3.63, 3.8) is 0 Å². The van der Waals surface area contributed by atoms with E-state index in [4.69, 9.17) is 11.6 Å². The number of nitrogens with one attached hydrogen (secondary N) is 1. The first-order chi connectivity index (χ1) is 9.25. The molecule has 0 saturated carbocycles. The zero-order chi connectivity index (χ0) is 13.5. The number of amides is 1. The Labute approximate surface area is 132 Å². The van der Waals surface area contributed by atoms with Crippen LogP contribution in [0.3, 0.4) is 0 Å². The van der Waals surface area contributed by atoms with Crippen molar-refractivity contribution in [3.05, 3.63) is 34.9 Å². The molecular formula is C15H22Cl2N2O. The summed E-state index contributed by atoms with van der Waals surface area (Å²) in [5, 5.41) is 3.53. The first kappa shape index (κ1) is 17.3. The molecule has 0 radical (unpaired) electrons. The standard InChI is InChI=1S/C15H21ClN2O.ClH/c16-14-7-5-6-13(12-14)15(19)17-8-1-2-9-18-10-3-4-11-18;/h5-7,12H,1-4,8-11H2,(H,17,19);1H. The van der Waals surface area contributed by atoms with Gasteiger partial charge in [0, 0.05) is 17.1 Å². The summed E-state index contributed by atoms with van der Waals surface area (Å²) < 4.78 is 0. The topological polar surface area (TPSA) is 32.3 Å².